The molecular formula is C16H22N2O3. The number of benzene rings is 1. The maximum atomic E-state index is 12.7. The van der Waals surface area contributed by atoms with E-state index in [9.17, 15) is 4.79 Å². The van der Waals surface area contributed by atoms with Crippen LogP contribution in [0, 0.1) is 0 Å². The van der Waals surface area contributed by atoms with Crippen LogP contribution in [0.1, 0.15) is 20.8 Å². The SMILES string of the molecule is CCN1CCN(C(=O)[C@@H]2COC(C)(C)O2)c2ccccc21. The molecule has 2 aliphatic rings. The minimum Gasteiger partial charge on any atom is -0.368 e. The molecule has 0 unspecified atom stereocenters. The highest BCUT2D eigenvalue weighted by Crippen LogP contribution is 2.34. The second kappa shape index (κ2) is 5.31. The minimum atomic E-state index is -0.676. The minimum absolute atomic E-state index is 0.0104. The molecule has 1 aromatic rings. The maximum Gasteiger partial charge on any atom is 0.258 e. The van der Waals surface area contributed by atoms with E-state index in [0.717, 1.165) is 24.5 Å². The largest absolute Gasteiger partial charge is 0.368 e. The molecule has 0 radical (unpaired) electrons. The molecule has 0 aromatic heterocycles. The summed E-state index contributed by atoms with van der Waals surface area (Å²) in [7, 11) is 0. The van der Waals surface area contributed by atoms with E-state index in [1.807, 2.05) is 36.9 Å². The molecule has 3 rings (SSSR count). The van der Waals surface area contributed by atoms with Gasteiger partial charge in [0.2, 0.25) is 0 Å². The smallest absolute Gasteiger partial charge is 0.258 e. The topological polar surface area (TPSA) is 42.0 Å². The Kier molecular flexibility index (Phi) is 3.63. The van der Waals surface area contributed by atoms with Gasteiger partial charge in [-0.3, -0.25) is 4.79 Å². The summed E-state index contributed by atoms with van der Waals surface area (Å²) in [6.45, 7) is 8.59. The number of ether oxygens (including phenoxy) is 2. The summed E-state index contributed by atoms with van der Waals surface area (Å²) in [6, 6.07) is 8.03. The second-order valence-corrected chi connectivity index (χ2v) is 5.88. The van der Waals surface area contributed by atoms with Crippen molar-refractivity contribution in [1.29, 1.82) is 0 Å². The number of para-hydroxylation sites is 2. The van der Waals surface area contributed by atoms with Crippen molar-refractivity contribution in [1.82, 2.24) is 0 Å². The van der Waals surface area contributed by atoms with Crippen LogP contribution in [0.25, 0.3) is 0 Å². The summed E-state index contributed by atoms with van der Waals surface area (Å²) in [6.07, 6.45) is -0.513. The normalized spacial score (nSPS) is 24.0. The number of carbonyl (C=O) groups is 1. The molecular weight excluding hydrogens is 268 g/mol. The van der Waals surface area contributed by atoms with Gasteiger partial charge in [-0.15, -0.1) is 0 Å². The van der Waals surface area contributed by atoms with Gasteiger partial charge in [0.15, 0.2) is 11.9 Å². The Balaban J connectivity index is 1.85. The number of nitrogens with zero attached hydrogens (tertiary/aromatic N) is 2. The summed E-state index contributed by atoms with van der Waals surface area (Å²) >= 11 is 0. The molecule has 0 saturated carbocycles. The van der Waals surface area contributed by atoms with E-state index in [2.05, 4.69) is 17.9 Å². The third-order valence-corrected chi connectivity index (χ3v) is 4.04. The van der Waals surface area contributed by atoms with Gasteiger partial charge in [0.1, 0.15) is 0 Å². The monoisotopic (exact) mass is 290 g/mol. The highest BCUT2D eigenvalue weighted by Gasteiger charge is 2.40. The Labute approximate surface area is 125 Å². The third kappa shape index (κ3) is 2.63. The highest BCUT2D eigenvalue weighted by molar-refractivity contribution is 6.00. The molecule has 2 aliphatic heterocycles. The van der Waals surface area contributed by atoms with Gasteiger partial charge < -0.3 is 19.3 Å². The van der Waals surface area contributed by atoms with Crippen molar-refractivity contribution in [2.24, 2.45) is 0 Å². The van der Waals surface area contributed by atoms with Crippen LogP contribution >= 0.6 is 0 Å². The highest BCUT2D eigenvalue weighted by atomic mass is 16.7. The number of likely N-dealkylation sites (N-methyl/N-ethyl adjacent to an activating group) is 1. The Morgan fingerprint density at radius 1 is 1.29 bits per heavy atom. The molecule has 0 bridgehead atoms. The number of amides is 1. The number of carbonyl (C=O) groups excluding carboxylic acids is 1. The Hall–Kier alpha value is -1.59. The van der Waals surface area contributed by atoms with Gasteiger partial charge in [0.25, 0.3) is 5.91 Å². The van der Waals surface area contributed by atoms with Crippen LogP contribution in [0.4, 0.5) is 11.4 Å². The van der Waals surface area contributed by atoms with E-state index < -0.39 is 11.9 Å². The van der Waals surface area contributed by atoms with Crippen molar-refractivity contribution in [3.63, 3.8) is 0 Å². The first-order chi connectivity index (χ1) is 10.0. The zero-order valence-electron chi connectivity index (χ0n) is 12.8. The third-order valence-electron chi connectivity index (χ3n) is 4.04. The van der Waals surface area contributed by atoms with E-state index in [4.69, 9.17) is 9.47 Å². The zero-order valence-corrected chi connectivity index (χ0v) is 12.8. The molecule has 2 heterocycles. The van der Waals surface area contributed by atoms with Gasteiger partial charge in [-0.1, -0.05) is 12.1 Å². The number of hydrogen-bond acceptors (Lipinski definition) is 4. The Bertz CT molecular complexity index is 544. The first kappa shape index (κ1) is 14.4. The van der Waals surface area contributed by atoms with Gasteiger partial charge in [-0.25, -0.2) is 0 Å². The summed E-state index contributed by atoms with van der Waals surface area (Å²) in [5.41, 5.74) is 2.07. The maximum absolute atomic E-state index is 12.7. The molecule has 1 aromatic carbocycles. The number of rotatable bonds is 2. The average molecular weight is 290 g/mol. The second-order valence-electron chi connectivity index (χ2n) is 5.88. The fraction of sp³-hybridized carbons (Fsp3) is 0.562. The molecule has 5 nitrogen and oxygen atoms in total. The van der Waals surface area contributed by atoms with Crippen molar-refractivity contribution < 1.29 is 14.3 Å². The molecule has 0 N–H and O–H groups in total. The van der Waals surface area contributed by atoms with Crippen molar-refractivity contribution >= 4 is 17.3 Å². The van der Waals surface area contributed by atoms with Crippen molar-refractivity contribution in [2.75, 3.05) is 36.0 Å². The van der Waals surface area contributed by atoms with Crippen molar-refractivity contribution in [2.45, 2.75) is 32.7 Å². The molecule has 114 valence electrons. The molecule has 1 fully saturated rings. The average Bonchev–Trinajstić information content (AvgIpc) is 2.85. The predicted molar refractivity (Wildman–Crippen MR) is 81.6 cm³/mol. The van der Waals surface area contributed by atoms with Crippen LogP contribution in [0.3, 0.4) is 0 Å². The lowest BCUT2D eigenvalue weighted by Crippen LogP contribution is -2.48. The van der Waals surface area contributed by atoms with Crippen LogP contribution in [0.15, 0.2) is 24.3 Å². The molecule has 21 heavy (non-hydrogen) atoms. The van der Waals surface area contributed by atoms with Gasteiger partial charge in [-0.05, 0) is 32.9 Å². The van der Waals surface area contributed by atoms with Crippen LogP contribution in [0.2, 0.25) is 0 Å². The lowest BCUT2D eigenvalue weighted by molar-refractivity contribution is -0.151. The first-order valence-electron chi connectivity index (χ1n) is 7.49. The van der Waals surface area contributed by atoms with Gasteiger partial charge in [0.05, 0.1) is 18.0 Å². The molecule has 0 spiro atoms. The number of anilines is 2. The summed E-state index contributed by atoms with van der Waals surface area (Å²) in [5, 5.41) is 0. The van der Waals surface area contributed by atoms with Crippen LogP contribution in [-0.2, 0) is 14.3 Å². The van der Waals surface area contributed by atoms with E-state index in [0.29, 0.717) is 13.2 Å². The van der Waals surface area contributed by atoms with E-state index in [-0.39, 0.29) is 5.91 Å². The standard InChI is InChI=1S/C16H22N2O3/c1-4-17-9-10-18(13-8-6-5-7-12(13)17)15(19)14-11-20-16(2,3)21-14/h5-8,14H,4,9-11H2,1-3H3/t14-/m0/s1. The molecule has 1 amide bonds. The molecule has 0 aliphatic carbocycles. The number of hydrogen-bond donors (Lipinski definition) is 0. The van der Waals surface area contributed by atoms with Crippen LogP contribution < -0.4 is 9.80 Å². The van der Waals surface area contributed by atoms with E-state index >= 15 is 0 Å². The Morgan fingerprint density at radius 3 is 2.62 bits per heavy atom. The fourth-order valence-corrected chi connectivity index (χ4v) is 2.96. The molecule has 1 atom stereocenters. The van der Waals surface area contributed by atoms with E-state index in [1.54, 1.807) is 0 Å². The summed E-state index contributed by atoms with van der Waals surface area (Å²) in [4.78, 5) is 16.9. The lowest BCUT2D eigenvalue weighted by atomic mass is 10.1. The van der Waals surface area contributed by atoms with Crippen molar-refractivity contribution in [3.05, 3.63) is 24.3 Å². The predicted octanol–water partition coefficient (Wildman–Crippen LogP) is 2.01. The van der Waals surface area contributed by atoms with Crippen molar-refractivity contribution in [3.8, 4) is 0 Å². The summed E-state index contributed by atoms with van der Waals surface area (Å²) in [5.74, 6) is -0.686. The summed E-state index contributed by atoms with van der Waals surface area (Å²) < 4.78 is 11.2. The number of fused-ring (bicyclic) bond motifs is 1. The van der Waals surface area contributed by atoms with Crippen LogP contribution in [-0.4, -0.2) is 44.0 Å². The fourth-order valence-electron chi connectivity index (χ4n) is 2.96. The first-order valence-corrected chi connectivity index (χ1v) is 7.49. The van der Waals surface area contributed by atoms with E-state index in [1.165, 1.54) is 0 Å². The lowest BCUT2D eigenvalue weighted by Gasteiger charge is -2.38. The van der Waals surface area contributed by atoms with Gasteiger partial charge in [-0.2, -0.15) is 0 Å². The zero-order chi connectivity index (χ0) is 15.0. The van der Waals surface area contributed by atoms with Gasteiger partial charge >= 0.3 is 0 Å². The quantitative estimate of drug-likeness (QED) is 0.835. The van der Waals surface area contributed by atoms with Crippen LogP contribution in [0.5, 0.6) is 0 Å². The molecule has 1 saturated heterocycles. The Morgan fingerprint density at radius 2 is 2.00 bits per heavy atom. The molecule has 5 heteroatoms. The van der Waals surface area contributed by atoms with Gasteiger partial charge in [0, 0.05) is 19.6 Å².